The highest BCUT2D eigenvalue weighted by atomic mass is 32.2. The van der Waals surface area contributed by atoms with Gasteiger partial charge in [-0.3, -0.25) is 0 Å². The standard InChI is InChI=1S/C15H23FN2O2S/c1-11-4-5-12(2)18(10-11)21(19,20)15-8-13(9-17-3)6-7-14(15)16/h6-8,11-12,17H,4-5,9-10H2,1-3H3. The number of piperidine rings is 1. The Morgan fingerprint density at radius 1 is 1.33 bits per heavy atom. The number of nitrogens with one attached hydrogen (secondary N) is 1. The van der Waals surface area contributed by atoms with Crippen LogP contribution in [0.4, 0.5) is 4.39 Å². The van der Waals surface area contributed by atoms with Crippen molar-refractivity contribution in [3.05, 3.63) is 29.6 Å². The van der Waals surface area contributed by atoms with Gasteiger partial charge >= 0.3 is 0 Å². The topological polar surface area (TPSA) is 49.4 Å². The highest BCUT2D eigenvalue weighted by Crippen LogP contribution is 2.29. The van der Waals surface area contributed by atoms with E-state index in [1.165, 1.54) is 16.4 Å². The third-order valence-corrected chi connectivity index (χ3v) is 6.02. The first-order valence-corrected chi connectivity index (χ1v) is 8.75. The molecule has 118 valence electrons. The van der Waals surface area contributed by atoms with Crippen LogP contribution in [0.25, 0.3) is 0 Å². The second kappa shape index (κ2) is 6.42. The fourth-order valence-corrected chi connectivity index (χ4v) is 4.67. The molecule has 6 heteroatoms. The van der Waals surface area contributed by atoms with Crippen LogP contribution < -0.4 is 5.32 Å². The molecular weight excluding hydrogens is 291 g/mol. The predicted octanol–water partition coefficient (Wildman–Crippen LogP) is 2.35. The van der Waals surface area contributed by atoms with E-state index in [-0.39, 0.29) is 10.9 Å². The predicted molar refractivity (Wildman–Crippen MR) is 80.9 cm³/mol. The van der Waals surface area contributed by atoms with Crippen molar-refractivity contribution in [3.63, 3.8) is 0 Å². The first-order chi connectivity index (χ1) is 9.86. The van der Waals surface area contributed by atoms with Crippen LogP contribution in [0, 0.1) is 11.7 Å². The van der Waals surface area contributed by atoms with Crippen LogP contribution in [0.5, 0.6) is 0 Å². The molecule has 0 spiro atoms. The Kier molecular flexibility index (Phi) is 5.01. The molecule has 21 heavy (non-hydrogen) atoms. The van der Waals surface area contributed by atoms with Crippen molar-refractivity contribution in [3.8, 4) is 0 Å². The SMILES string of the molecule is CNCc1ccc(F)c(S(=O)(=O)N2CC(C)CCC2C)c1. The molecule has 0 amide bonds. The lowest BCUT2D eigenvalue weighted by molar-refractivity contribution is 0.217. The molecule has 1 saturated heterocycles. The summed E-state index contributed by atoms with van der Waals surface area (Å²) < 4.78 is 41.1. The Hall–Kier alpha value is -0.980. The van der Waals surface area contributed by atoms with E-state index in [1.54, 1.807) is 13.1 Å². The molecule has 2 rings (SSSR count). The van der Waals surface area contributed by atoms with Gasteiger partial charge in [-0.2, -0.15) is 4.31 Å². The molecular formula is C15H23FN2O2S. The Labute approximate surface area is 126 Å². The van der Waals surface area contributed by atoms with Crippen LogP contribution in [-0.2, 0) is 16.6 Å². The average Bonchev–Trinajstić information content (AvgIpc) is 2.43. The fraction of sp³-hybridized carbons (Fsp3) is 0.600. The van der Waals surface area contributed by atoms with Gasteiger partial charge in [0.05, 0.1) is 0 Å². The minimum absolute atomic E-state index is 0.0847. The van der Waals surface area contributed by atoms with Crippen molar-refractivity contribution in [2.24, 2.45) is 5.92 Å². The maximum Gasteiger partial charge on any atom is 0.246 e. The number of benzene rings is 1. The number of rotatable bonds is 4. The van der Waals surface area contributed by atoms with Gasteiger partial charge in [0.25, 0.3) is 0 Å². The van der Waals surface area contributed by atoms with Crippen LogP contribution in [0.1, 0.15) is 32.3 Å². The van der Waals surface area contributed by atoms with Crippen LogP contribution >= 0.6 is 0 Å². The number of hydrogen-bond acceptors (Lipinski definition) is 3. The summed E-state index contributed by atoms with van der Waals surface area (Å²) in [6.45, 7) is 4.88. The minimum Gasteiger partial charge on any atom is -0.316 e. The van der Waals surface area contributed by atoms with Gasteiger partial charge in [-0.15, -0.1) is 0 Å². The van der Waals surface area contributed by atoms with Gasteiger partial charge in [0.15, 0.2) is 0 Å². The van der Waals surface area contributed by atoms with E-state index >= 15 is 0 Å². The highest BCUT2D eigenvalue weighted by Gasteiger charge is 2.35. The Morgan fingerprint density at radius 2 is 2.05 bits per heavy atom. The third kappa shape index (κ3) is 3.44. The van der Waals surface area contributed by atoms with Crippen LogP contribution in [0.2, 0.25) is 0 Å². The molecule has 1 aliphatic rings. The second-order valence-electron chi connectivity index (χ2n) is 5.90. The molecule has 1 fully saturated rings. The van der Waals surface area contributed by atoms with E-state index in [4.69, 9.17) is 0 Å². The van der Waals surface area contributed by atoms with E-state index < -0.39 is 15.8 Å². The van der Waals surface area contributed by atoms with E-state index in [0.29, 0.717) is 19.0 Å². The first kappa shape index (κ1) is 16.4. The van der Waals surface area contributed by atoms with Gasteiger partial charge in [0.1, 0.15) is 10.7 Å². The molecule has 0 aromatic heterocycles. The molecule has 1 aromatic carbocycles. The molecule has 4 nitrogen and oxygen atoms in total. The molecule has 1 aliphatic heterocycles. The van der Waals surface area contributed by atoms with Crippen molar-refractivity contribution < 1.29 is 12.8 Å². The normalized spacial score (nSPS) is 24.2. The van der Waals surface area contributed by atoms with Gasteiger partial charge in [-0.1, -0.05) is 13.0 Å². The molecule has 1 N–H and O–H groups in total. The van der Waals surface area contributed by atoms with Gasteiger partial charge in [0, 0.05) is 19.1 Å². The molecule has 0 aliphatic carbocycles. The lowest BCUT2D eigenvalue weighted by Gasteiger charge is -2.35. The van der Waals surface area contributed by atoms with Crippen LogP contribution in [0.3, 0.4) is 0 Å². The summed E-state index contributed by atoms with van der Waals surface area (Å²) in [7, 11) is -2.02. The summed E-state index contributed by atoms with van der Waals surface area (Å²) in [5, 5.41) is 2.95. The van der Waals surface area contributed by atoms with E-state index in [9.17, 15) is 12.8 Å². The maximum absolute atomic E-state index is 14.1. The van der Waals surface area contributed by atoms with Crippen molar-refractivity contribution in [1.82, 2.24) is 9.62 Å². The minimum atomic E-state index is -3.79. The zero-order valence-corrected chi connectivity index (χ0v) is 13.6. The largest absolute Gasteiger partial charge is 0.316 e. The van der Waals surface area contributed by atoms with Crippen molar-refractivity contribution in [2.75, 3.05) is 13.6 Å². The van der Waals surface area contributed by atoms with Crippen molar-refractivity contribution >= 4 is 10.0 Å². The summed E-state index contributed by atoms with van der Waals surface area (Å²) >= 11 is 0. The Morgan fingerprint density at radius 3 is 2.71 bits per heavy atom. The number of sulfonamides is 1. The first-order valence-electron chi connectivity index (χ1n) is 7.31. The Balaban J connectivity index is 2.40. The van der Waals surface area contributed by atoms with Crippen LogP contribution in [0.15, 0.2) is 23.1 Å². The molecule has 0 bridgehead atoms. The zero-order valence-electron chi connectivity index (χ0n) is 12.8. The molecule has 2 unspecified atom stereocenters. The average molecular weight is 314 g/mol. The summed E-state index contributed by atoms with van der Waals surface area (Å²) in [4.78, 5) is -0.212. The van der Waals surface area contributed by atoms with Crippen LogP contribution in [-0.4, -0.2) is 32.4 Å². The fourth-order valence-electron chi connectivity index (χ4n) is 2.77. The van der Waals surface area contributed by atoms with E-state index in [0.717, 1.165) is 18.4 Å². The lowest BCUT2D eigenvalue weighted by atomic mass is 9.97. The van der Waals surface area contributed by atoms with E-state index in [1.807, 2.05) is 13.8 Å². The highest BCUT2D eigenvalue weighted by molar-refractivity contribution is 7.89. The van der Waals surface area contributed by atoms with Crippen molar-refractivity contribution in [1.29, 1.82) is 0 Å². The summed E-state index contributed by atoms with van der Waals surface area (Å²) in [6.07, 6.45) is 1.83. The van der Waals surface area contributed by atoms with E-state index in [2.05, 4.69) is 5.32 Å². The molecule has 0 saturated carbocycles. The van der Waals surface area contributed by atoms with Gasteiger partial charge in [-0.05, 0) is 50.4 Å². The molecule has 2 atom stereocenters. The van der Waals surface area contributed by atoms with Gasteiger partial charge < -0.3 is 5.32 Å². The zero-order chi connectivity index (χ0) is 15.6. The molecule has 1 heterocycles. The van der Waals surface area contributed by atoms with Gasteiger partial charge in [-0.25, -0.2) is 12.8 Å². The third-order valence-electron chi connectivity index (χ3n) is 4.02. The quantitative estimate of drug-likeness (QED) is 0.928. The van der Waals surface area contributed by atoms with Gasteiger partial charge in [0.2, 0.25) is 10.0 Å². The number of halogens is 1. The summed E-state index contributed by atoms with van der Waals surface area (Å²) in [5.74, 6) is -0.375. The number of nitrogens with zero attached hydrogens (tertiary/aromatic N) is 1. The summed E-state index contributed by atoms with van der Waals surface area (Å²) in [6, 6.07) is 4.19. The Bertz CT molecular complexity index is 604. The monoisotopic (exact) mass is 314 g/mol. The van der Waals surface area contributed by atoms with Crippen molar-refractivity contribution in [2.45, 2.75) is 44.2 Å². The smallest absolute Gasteiger partial charge is 0.246 e. The second-order valence-corrected chi connectivity index (χ2v) is 7.76. The molecule has 1 aromatic rings. The number of hydrogen-bond donors (Lipinski definition) is 1. The maximum atomic E-state index is 14.1. The molecule has 0 radical (unpaired) electrons. The lowest BCUT2D eigenvalue weighted by Crippen LogP contribution is -2.45. The summed E-state index contributed by atoms with van der Waals surface area (Å²) in [5.41, 5.74) is 0.759.